The van der Waals surface area contributed by atoms with Gasteiger partial charge in [-0.15, -0.1) is 0 Å². The molecule has 103 heavy (non-hydrogen) atoms. The molecule has 5 fully saturated rings. The van der Waals surface area contributed by atoms with Crippen molar-refractivity contribution in [2.45, 2.75) is 123 Å². The smallest absolute Gasteiger partial charge is 0.394 e. The number of phosphoric ester groups is 4. The number of aliphatic hydroxyl groups is 6. The van der Waals surface area contributed by atoms with E-state index in [1.807, 2.05) is 4.98 Å². The summed E-state index contributed by atoms with van der Waals surface area (Å²) in [4.78, 5) is 140. The van der Waals surface area contributed by atoms with E-state index in [0.29, 0.717) is 9.13 Å². The average Bonchev–Trinajstić information content (AvgIpc) is 1.63. The normalized spacial score (nSPS) is 32.6. The first-order valence-electron chi connectivity index (χ1n) is 29.9. The van der Waals surface area contributed by atoms with E-state index in [1.165, 1.54) is 17.9 Å². The Labute approximate surface area is 570 Å². The molecule has 12 heterocycles. The summed E-state index contributed by atoms with van der Waals surface area (Å²) >= 11 is 0. The monoisotopic (exact) mass is 1540 g/mol. The predicted molar refractivity (Wildman–Crippen MR) is 332 cm³/mol. The van der Waals surface area contributed by atoms with Crippen LogP contribution in [0.15, 0.2) is 79.7 Å². The second kappa shape index (κ2) is 29.4. The maximum absolute atomic E-state index is 14.3. The molecule has 51 nitrogen and oxygen atoms in total. The highest BCUT2D eigenvalue weighted by atomic mass is 31.2. The first-order valence-corrected chi connectivity index (χ1v) is 35.9. The minimum absolute atomic E-state index is 0.0302. The lowest BCUT2D eigenvalue weighted by Gasteiger charge is -2.27. The van der Waals surface area contributed by atoms with Crippen molar-refractivity contribution in [3.8, 4) is 0 Å². The number of nitrogens with two attached hydrogens (primary N) is 4. The maximum Gasteiger partial charge on any atom is 0.472 e. The first kappa shape index (κ1) is 75.2. The molecule has 0 aliphatic carbocycles. The number of likely N-dealkylation sites (N-methyl/N-ethyl adjacent to an activating group) is 1. The number of nitrogen functional groups attached to an aromatic ring is 4. The number of hydrogen-bond donors (Lipinski definition) is 17. The maximum atomic E-state index is 14.3. The number of aromatic nitrogens is 14. The number of hydrogen-bond acceptors (Lipinski definition) is 40. The average molecular weight is 1540 g/mol. The van der Waals surface area contributed by atoms with Gasteiger partial charge in [0.2, 0.25) is 5.95 Å². The zero-order valence-corrected chi connectivity index (χ0v) is 55.8. The van der Waals surface area contributed by atoms with Crippen molar-refractivity contribution in [3.05, 3.63) is 108 Å². The highest BCUT2D eigenvalue weighted by Gasteiger charge is 2.56. The van der Waals surface area contributed by atoms with Crippen LogP contribution in [0.2, 0.25) is 0 Å². The summed E-state index contributed by atoms with van der Waals surface area (Å²) in [5.74, 6) is -1.00. The Morgan fingerprint density at radius 2 is 0.922 bits per heavy atom. The number of aromatic amines is 2. The van der Waals surface area contributed by atoms with Gasteiger partial charge in [-0.05, 0) is 19.2 Å². The molecule has 7 aromatic heterocycles. The highest BCUT2D eigenvalue weighted by molar-refractivity contribution is 7.48. The number of H-pyrrole nitrogens is 2. The molecular weight excluding hydrogens is 1480 g/mol. The number of phosphoric acid groups is 4. The second-order valence-corrected chi connectivity index (χ2v) is 28.7. The Balaban J connectivity index is 0.765. The van der Waals surface area contributed by atoms with Gasteiger partial charge in [-0.25, -0.2) is 52.6 Å². The van der Waals surface area contributed by atoms with Gasteiger partial charge in [0.1, 0.15) is 109 Å². The van der Waals surface area contributed by atoms with Crippen LogP contribution in [0.5, 0.6) is 0 Å². The van der Waals surface area contributed by atoms with Gasteiger partial charge in [0.05, 0.1) is 51.7 Å². The lowest BCUT2D eigenvalue weighted by molar-refractivity contribution is -0.0655. The molecule has 55 heteroatoms. The van der Waals surface area contributed by atoms with Crippen molar-refractivity contribution >= 4 is 77.0 Å². The fourth-order valence-electron chi connectivity index (χ4n) is 11.8. The molecule has 0 spiro atoms. The van der Waals surface area contributed by atoms with Crippen molar-refractivity contribution in [3.63, 3.8) is 0 Å². The Morgan fingerprint density at radius 3 is 1.43 bits per heavy atom. The minimum Gasteiger partial charge on any atom is -0.394 e. The number of nitrogens with one attached hydrogen (secondary N) is 3. The lowest BCUT2D eigenvalue weighted by Crippen LogP contribution is -2.44. The SMILES string of the molecule is CN[C@@H]1[C@H](OP(=O)(O)OC[C@H]2O[C@@H](n3cnc4c(N)ncnc43)[C@H](O)[C@@H]2O)[C@@H](COP(=O)(O)O[C@H]2[C@@H](O)[C@H](n3ccc(N)nc3=O)O[C@@H]2COP(=O)(O)O[C@H]2[C@@H](O)[C@H](n3ccc(=O)[nH]c3=O)O[C@@H]2COP(=O)(O)O[C@H]2[C@@H](O)[C@H](n3ccc(N)nc3=O)O[C@@H]2CO)O[C@H]1n1cnc2c(=O)[nH]c(N)nc21. The highest BCUT2D eigenvalue weighted by Crippen LogP contribution is 2.55. The van der Waals surface area contributed by atoms with E-state index in [0.717, 1.165) is 58.6 Å². The van der Waals surface area contributed by atoms with Gasteiger partial charge in [-0.1, -0.05) is 0 Å². The topological polar surface area (TPSA) is 738 Å². The third kappa shape index (κ3) is 15.6. The molecule has 5 saturated heterocycles. The molecule has 0 amide bonds. The fourth-order valence-corrected chi connectivity index (χ4v) is 15.6. The zero-order chi connectivity index (χ0) is 74.1. The molecule has 0 saturated carbocycles. The van der Waals surface area contributed by atoms with Crippen molar-refractivity contribution in [1.29, 1.82) is 0 Å². The Kier molecular flexibility index (Phi) is 21.5. The van der Waals surface area contributed by atoms with Crippen molar-refractivity contribution < 1.29 is 128 Å². The molecule has 5 aliphatic rings. The predicted octanol–water partition coefficient (Wildman–Crippen LogP) is -7.77. The number of ether oxygens (including phenoxy) is 5. The Hall–Kier alpha value is -7.50. The summed E-state index contributed by atoms with van der Waals surface area (Å²) in [6.45, 7) is -5.89. The van der Waals surface area contributed by atoms with Crippen molar-refractivity contribution in [1.82, 2.24) is 73.0 Å². The largest absolute Gasteiger partial charge is 0.472 e. The molecule has 0 bridgehead atoms. The summed E-state index contributed by atoms with van der Waals surface area (Å²) < 4.78 is 132. The van der Waals surface area contributed by atoms with Gasteiger partial charge < -0.3 is 102 Å². The number of rotatable bonds is 27. The van der Waals surface area contributed by atoms with Gasteiger partial charge in [-0.2, -0.15) is 15.0 Å². The molecule has 24 atom stereocenters. The van der Waals surface area contributed by atoms with Gasteiger partial charge in [0.15, 0.2) is 53.8 Å². The second-order valence-electron chi connectivity index (χ2n) is 23.1. The van der Waals surface area contributed by atoms with Gasteiger partial charge in [0.25, 0.3) is 11.1 Å². The molecule has 5 aliphatic heterocycles. The van der Waals surface area contributed by atoms with E-state index in [4.69, 9.17) is 82.8 Å². The molecule has 562 valence electrons. The quantitative estimate of drug-likeness (QED) is 0.0213. The third-order valence-electron chi connectivity index (χ3n) is 16.5. The van der Waals surface area contributed by atoms with E-state index >= 15 is 0 Å². The van der Waals surface area contributed by atoms with Crippen LogP contribution in [0.25, 0.3) is 22.3 Å². The van der Waals surface area contributed by atoms with Crippen LogP contribution in [0.4, 0.5) is 23.4 Å². The van der Waals surface area contributed by atoms with Gasteiger partial charge in [-0.3, -0.25) is 78.6 Å². The molecule has 21 N–H and O–H groups in total. The molecule has 7 aromatic rings. The fraction of sp³-hybridized carbons (Fsp3) is 0.542. The number of anilines is 4. The van der Waals surface area contributed by atoms with E-state index in [-0.39, 0.29) is 39.8 Å². The third-order valence-corrected chi connectivity index (χ3v) is 20.5. The molecule has 0 aromatic carbocycles. The van der Waals surface area contributed by atoms with Crippen LogP contribution in [-0.2, 0) is 78.1 Å². The van der Waals surface area contributed by atoms with Crippen molar-refractivity contribution in [2.24, 2.45) is 0 Å². The Bertz CT molecular complexity index is 4820. The summed E-state index contributed by atoms with van der Waals surface area (Å²) in [6.07, 6.45) is -30.4. The molecular formula is C48H63N19O32P4. The lowest BCUT2D eigenvalue weighted by atomic mass is 10.1. The molecule has 4 unspecified atom stereocenters. The van der Waals surface area contributed by atoms with E-state index in [2.05, 4.69) is 45.2 Å². The molecule has 0 radical (unpaired) electrons. The zero-order valence-electron chi connectivity index (χ0n) is 52.2. The summed E-state index contributed by atoms with van der Waals surface area (Å²) in [5.41, 5.74) is 17.4. The van der Waals surface area contributed by atoms with Gasteiger partial charge in [0, 0.05) is 24.7 Å². The van der Waals surface area contributed by atoms with Crippen LogP contribution in [0, 0.1) is 0 Å². The van der Waals surface area contributed by atoms with Gasteiger partial charge >= 0.3 is 48.4 Å². The Morgan fingerprint density at radius 1 is 0.495 bits per heavy atom. The van der Waals surface area contributed by atoms with E-state index in [1.54, 1.807) is 0 Å². The van der Waals surface area contributed by atoms with Crippen LogP contribution in [0.3, 0.4) is 0 Å². The van der Waals surface area contributed by atoms with Crippen LogP contribution in [0.1, 0.15) is 31.1 Å². The number of aliphatic hydroxyl groups excluding tert-OH is 6. The van der Waals surface area contributed by atoms with Crippen LogP contribution < -0.4 is 56.4 Å². The van der Waals surface area contributed by atoms with Crippen LogP contribution >= 0.6 is 31.3 Å². The minimum atomic E-state index is -5.88. The van der Waals surface area contributed by atoms with Crippen molar-refractivity contribution in [2.75, 3.05) is 63.0 Å². The first-order chi connectivity index (χ1) is 48.6. The number of nitrogens with zero attached hydrogens (tertiary/aromatic N) is 12. The summed E-state index contributed by atoms with van der Waals surface area (Å²) in [7, 11) is -21.5. The number of imidazole rings is 2. The summed E-state index contributed by atoms with van der Waals surface area (Å²) in [6, 6.07) is 1.58. The van der Waals surface area contributed by atoms with E-state index in [9.17, 15) is 92.4 Å². The standard InChI is InChI=1S/C48H63N19O32P4/c1-53-24-32(96-100(79,80)87-9-17-27(70)28(71)41(92-17)66-14-56-25-36(51)54-13-55-37(25)66)18(93-40(24)67-15-57-26-38(67)61-45(52)62-39(26)75)10-88-102(83,84)98-34-19(94-43(30(34)73)64-6-3-22(50)59-47(64)77)12-90-103(85,86)99-35-20(95-44(31(35)74)65-7-4-23(69)60-48(65)78)11-89-101(81,82)97-33-16(8-68)91-42(29(33)72)63-5-2-21(49)58-46(63)76/h2-7,13-20,24,27-35,40-44,53,68,70-74H,8-12H2,1H3,(H,79,80)(H,81,82)(H,83,84)(H,85,86)(H2,49,58,76)(H2,50,59,77)(H2,51,54,55)(H,60,69,78)(H3,52,61,62,75)/t16-,17-,18-,19-,20-,24-,27-,28-,29-,30-,31-,32-,33-,34-,35-,40-,41-,42-,43-,44-/m1/s1. The number of fused-ring (bicyclic) bond motifs is 2. The molecule has 12 rings (SSSR count). The van der Waals surface area contributed by atoms with Crippen LogP contribution in [-0.4, -0.2) is 249 Å². The van der Waals surface area contributed by atoms with E-state index < -0.39 is 221 Å². The summed E-state index contributed by atoms with van der Waals surface area (Å²) in [5, 5.41) is 69.5.